The number of carbonyl (C=O) groups excluding carboxylic acids is 1. The number of hydrogen-bond donors (Lipinski definition) is 0. The molecule has 2 aromatic carbocycles. The van der Waals surface area contributed by atoms with Gasteiger partial charge in [0.1, 0.15) is 13.2 Å². The molecule has 3 heteroatoms. The Hall–Kier alpha value is -2.29. The first-order valence-electron chi connectivity index (χ1n) is 5.72. The molecule has 0 saturated heterocycles. The summed E-state index contributed by atoms with van der Waals surface area (Å²) in [5, 5.41) is 0. The fourth-order valence-electron chi connectivity index (χ4n) is 1.55. The van der Waals surface area contributed by atoms with Gasteiger partial charge in [0.05, 0.1) is 0 Å². The highest BCUT2D eigenvalue weighted by atomic mass is 16.5. The maximum Gasteiger partial charge on any atom is 0.161 e. The van der Waals surface area contributed by atoms with E-state index in [4.69, 9.17) is 9.47 Å². The zero-order valence-electron chi connectivity index (χ0n) is 9.91. The Balaban J connectivity index is 2.02. The standard InChI is InChI=1S/C15H14O3/c16-10-11-17-14-8-4-5-9-15(14)18-12-13-6-2-1-3-7-13/h1-10H,11-12H2. The van der Waals surface area contributed by atoms with Crippen molar-refractivity contribution in [3.05, 3.63) is 60.2 Å². The fraction of sp³-hybridized carbons (Fsp3) is 0.133. The molecule has 0 radical (unpaired) electrons. The lowest BCUT2D eigenvalue weighted by Gasteiger charge is -2.11. The molecular formula is C15H14O3. The molecule has 0 atom stereocenters. The molecule has 0 aliphatic carbocycles. The second kappa shape index (κ2) is 6.45. The van der Waals surface area contributed by atoms with E-state index in [2.05, 4.69) is 0 Å². The van der Waals surface area contributed by atoms with Crippen LogP contribution in [-0.2, 0) is 11.4 Å². The number of rotatable bonds is 6. The molecule has 18 heavy (non-hydrogen) atoms. The third-order valence-corrected chi connectivity index (χ3v) is 2.39. The molecule has 0 bridgehead atoms. The topological polar surface area (TPSA) is 35.5 Å². The van der Waals surface area contributed by atoms with Crippen LogP contribution in [0.25, 0.3) is 0 Å². The first-order chi connectivity index (χ1) is 8.90. The smallest absolute Gasteiger partial charge is 0.161 e. The van der Waals surface area contributed by atoms with Crippen molar-refractivity contribution in [2.45, 2.75) is 6.61 Å². The number of ether oxygens (including phenoxy) is 2. The molecule has 0 aliphatic rings. The lowest BCUT2D eigenvalue weighted by Crippen LogP contribution is -2.01. The molecule has 0 aromatic heterocycles. The van der Waals surface area contributed by atoms with Crippen molar-refractivity contribution in [2.75, 3.05) is 6.61 Å². The zero-order chi connectivity index (χ0) is 12.6. The lowest BCUT2D eigenvalue weighted by atomic mass is 10.2. The fourth-order valence-corrected chi connectivity index (χ4v) is 1.55. The van der Waals surface area contributed by atoms with E-state index in [1.165, 1.54) is 0 Å². The van der Waals surface area contributed by atoms with Gasteiger partial charge in [-0.15, -0.1) is 0 Å². The van der Waals surface area contributed by atoms with Crippen LogP contribution in [0, 0.1) is 0 Å². The minimum absolute atomic E-state index is 0.0334. The van der Waals surface area contributed by atoms with Crippen LogP contribution in [0.5, 0.6) is 11.5 Å². The SMILES string of the molecule is O=CCOc1ccccc1OCc1ccccc1. The first kappa shape index (κ1) is 12.2. The molecule has 0 N–H and O–H groups in total. The lowest BCUT2D eigenvalue weighted by molar-refractivity contribution is -0.109. The number of para-hydroxylation sites is 2. The number of hydrogen-bond acceptors (Lipinski definition) is 3. The largest absolute Gasteiger partial charge is 0.485 e. The van der Waals surface area contributed by atoms with Gasteiger partial charge in [0, 0.05) is 0 Å². The van der Waals surface area contributed by atoms with Gasteiger partial charge >= 0.3 is 0 Å². The highest BCUT2D eigenvalue weighted by Crippen LogP contribution is 2.26. The Morgan fingerprint density at radius 1 is 0.833 bits per heavy atom. The molecule has 0 fully saturated rings. The zero-order valence-corrected chi connectivity index (χ0v) is 9.91. The predicted octanol–water partition coefficient (Wildman–Crippen LogP) is 2.84. The Bertz CT molecular complexity index is 494. The Morgan fingerprint density at radius 3 is 2.11 bits per heavy atom. The predicted molar refractivity (Wildman–Crippen MR) is 68.8 cm³/mol. The van der Waals surface area contributed by atoms with Crippen molar-refractivity contribution in [1.29, 1.82) is 0 Å². The van der Waals surface area contributed by atoms with Gasteiger partial charge in [0.15, 0.2) is 17.8 Å². The summed E-state index contributed by atoms with van der Waals surface area (Å²) in [6, 6.07) is 17.2. The van der Waals surface area contributed by atoms with Crippen LogP contribution in [0.1, 0.15) is 5.56 Å². The van der Waals surface area contributed by atoms with E-state index in [0.29, 0.717) is 24.4 Å². The van der Waals surface area contributed by atoms with Gasteiger partial charge in [-0.25, -0.2) is 0 Å². The van der Waals surface area contributed by atoms with Crippen LogP contribution in [0.3, 0.4) is 0 Å². The van der Waals surface area contributed by atoms with Crippen LogP contribution in [0.2, 0.25) is 0 Å². The highest BCUT2D eigenvalue weighted by Gasteiger charge is 2.03. The van der Waals surface area contributed by atoms with Crippen molar-refractivity contribution in [3.8, 4) is 11.5 Å². The summed E-state index contributed by atoms with van der Waals surface area (Å²) in [5.41, 5.74) is 1.09. The molecule has 0 unspecified atom stereocenters. The monoisotopic (exact) mass is 242 g/mol. The summed E-state index contributed by atoms with van der Waals surface area (Å²) in [6.07, 6.45) is 0.716. The van der Waals surface area contributed by atoms with E-state index in [1.54, 1.807) is 6.07 Å². The van der Waals surface area contributed by atoms with E-state index in [-0.39, 0.29) is 6.61 Å². The molecule has 0 spiro atoms. The molecule has 0 aliphatic heterocycles. The Kier molecular flexibility index (Phi) is 4.36. The third kappa shape index (κ3) is 3.35. The Morgan fingerprint density at radius 2 is 1.44 bits per heavy atom. The third-order valence-electron chi connectivity index (χ3n) is 2.39. The van der Waals surface area contributed by atoms with Crippen molar-refractivity contribution >= 4 is 6.29 Å². The average Bonchev–Trinajstić information content (AvgIpc) is 2.45. The average molecular weight is 242 g/mol. The number of aldehydes is 1. The highest BCUT2D eigenvalue weighted by molar-refractivity contribution is 5.52. The summed E-state index contributed by atoms with van der Waals surface area (Å²) in [7, 11) is 0. The maximum absolute atomic E-state index is 10.3. The second-order valence-corrected chi connectivity index (χ2v) is 3.70. The summed E-state index contributed by atoms with van der Waals surface area (Å²) >= 11 is 0. The second-order valence-electron chi connectivity index (χ2n) is 3.70. The molecule has 0 saturated carbocycles. The van der Waals surface area contributed by atoms with E-state index in [9.17, 15) is 4.79 Å². The molecule has 2 aromatic rings. The minimum atomic E-state index is 0.0334. The number of benzene rings is 2. The summed E-state index contributed by atoms with van der Waals surface area (Å²) in [5.74, 6) is 1.23. The van der Waals surface area contributed by atoms with Gasteiger partial charge in [-0.3, -0.25) is 4.79 Å². The summed E-state index contributed by atoms with van der Waals surface area (Å²) in [6.45, 7) is 0.508. The molecular weight excluding hydrogens is 228 g/mol. The molecule has 3 nitrogen and oxygen atoms in total. The first-order valence-corrected chi connectivity index (χ1v) is 5.72. The van der Waals surface area contributed by atoms with Gasteiger partial charge in [-0.1, -0.05) is 42.5 Å². The molecule has 92 valence electrons. The van der Waals surface area contributed by atoms with Gasteiger partial charge < -0.3 is 9.47 Å². The Labute approximate surface area is 106 Å². The summed E-state index contributed by atoms with van der Waals surface area (Å²) < 4.78 is 11.0. The van der Waals surface area contributed by atoms with E-state index < -0.39 is 0 Å². The maximum atomic E-state index is 10.3. The van der Waals surface area contributed by atoms with Gasteiger partial charge in [-0.2, -0.15) is 0 Å². The molecule has 2 rings (SSSR count). The summed E-state index contributed by atoms with van der Waals surface area (Å²) in [4.78, 5) is 10.3. The van der Waals surface area contributed by atoms with E-state index >= 15 is 0 Å². The minimum Gasteiger partial charge on any atom is -0.485 e. The van der Waals surface area contributed by atoms with Crippen molar-refractivity contribution in [2.24, 2.45) is 0 Å². The normalized spacial score (nSPS) is 9.78. The van der Waals surface area contributed by atoms with Crippen LogP contribution < -0.4 is 9.47 Å². The van der Waals surface area contributed by atoms with E-state index in [0.717, 1.165) is 5.56 Å². The molecule has 0 heterocycles. The van der Waals surface area contributed by atoms with Crippen LogP contribution >= 0.6 is 0 Å². The van der Waals surface area contributed by atoms with Crippen LogP contribution in [0.4, 0.5) is 0 Å². The quantitative estimate of drug-likeness (QED) is 0.731. The van der Waals surface area contributed by atoms with Gasteiger partial charge in [0.25, 0.3) is 0 Å². The van der Waals surface area contributed by atoms with Crippen molar-refractivity contribution in [1.82, 2.24) is 0 Å². The van der Waals surface area contributed by atoms with Crippen molar-refractivity contribution < 1.29 is 14.3 Å². The van der Waals surface area contributed by atoms with Gasteiger partial charge in [0.2, 0.25) is 0 Å². The van der Waals surface area contributed by atoms with Crippen LogP contribution in [0.15, 0.2) is 54.6 Å². The number of carbonyl (C=O) groups is 1. The van der Waals surface area contributed by atoms with E-state index in [1.807, 2.05) is 48.5 Å². The van der Waals surface area contributed by atoms with Crippen LogP contribution in [-0.4, -0.2) is 12.9 Å². The van der Waals surface area contributed by atoms with Gasteiger partial charge in [-0.05, 0) is 17.7 Å². The molecule has 0 amide bonds. The van der Waals surface area contributed by atoms with Crippen molar-refractivity contribution in [3.63, 3.8) is 0 Å².